The fourth-order valence-electron chi connectivity index (χ4n) is 8.89. The molecule has 8 atom stereocenters. The molecule has 0 aromatic rings. The average Bonchev–Trinajstić information content (AvgIpc) is 3.00. The van der Waals surface area contributed by atoms with E-state index in [1.807, 2.05) is 0 Å². The molecule has 0 N–H and O–H groups in total. The van der Waals surface area contributed by atoms with Gasteiger partial charge in [0, 0.05) is 12.3 Å². The molecular weight excluding hydrogens is 374 g/mol. The molecule has 0 bridgehead atoms. The first-order chi connectivity index (χ1) is 14.3. The number of carbonyl (C=O) groups is 2. The molecule has 0 aromatic carbocycles. The Morgan fingerprint density at radius 3 is 2.47 bits per heavy atom. The van der Waals surface area contributed by atoms with Crippen LogP contribution in [0.15, 0.2) is 0 Å². The molecule has 4 nitrogen and oxygen atoms in total. The number of nitrogens with zero attached hydrogens (tertiary/aromatic N) is 1. The molecule has 0 amide bonds. The first-order valence-electron chi connectivity index (χ1n) is 12.8. The van der Waals surface area contributed by atoms with Gasteiger partial charge in [0.25, 0.3) is 0 Å². The van der Waals surface area contributed by atoms with Crippen molar-refractivity contribution in [3.63, 3.8) is 0 Å². The third-order valence-corrected chi connectivity index (χ3v) is 10.5. The topological polar surface area (TPSA) is 46.6 Å². The zero-order valence-electron chi connectivity index (χ0n) is 19.3. The molecule has 4 saturated carbocycles. The maximum Gasteiger partial charge on any atom is 0.302 e. The summed E-state index contributed by atoms with van der Waals surface area (Å²) < 4.78 is 5.61. The third kappa shape index (κ3) is 3.19. The number of hydrogen-bond acceptors (Lipinski definition) is 4. The molecule has 4 aliphatic carbocycles. The van der Waals surface area contributed by atoms with Crippen molar-refractivity contribution in [2.24, 2.45) is 34.5 Å². The number of ketones is 1. The lowest BCUT2D eigenvalue weighted by atomic mass is 9.45. The number of rotatable bonds is 2. The van der Waals surface area contributed by atoms with Gasteiger partial charge in [-0.05, 0) is 106 Å². The molecule has 5 fully saturated rings. The van der Waals surface area contributed by atoms with E-state index in [1.54, 1.807) is 6.92 Å². The Labute approximate surface area is 182 Å². The summed E-state index contributed by atoms with van der Waals surface area (Å²) in [6, 6.07) is 0.198. The number of ether oxygens (including phenoxy) is 1. The fourth-order valence-corrected chi connectivity index (χ4v) is 8.89. The van der Waals surface area contributed by atoms with Crippen LogP contribution < -0.4 is 0 Å². The van der Waals surface area contributed by atoms with E-state index in [2.05, 4.69) is 18.7 Å². The summed E-state index contributed by atoms with van der Waals surface area (Å²) in [5.74, 6) is 3.18. The molecule has 0 spiro atoms. The maximum absolute atomic E-state index is 13.7. The third-order valence-electron chi connectivity index (χ3n) is 10.5. The van der Waals surface area contributed by atoms with Crippen LogP contribution in [0.25, 0.3) is 0 Å². The van der Waals surface area contributed by atoms with Crippen LogP contribution in [0.1, 0.15) is 91.4 Å². The molecule has 1 saturated heterocycles. The van der Waals surface area contributed by atoms with Gasteiger partial charge in [0.15, 0.2) is 5.78 Å². The molecular formula is C26H41NO3. The summed E-state index contributed by atoms with van der Waals surface area (Å²) in [6.07, 6.45) is 13.2. The summed E-state index contributed by atoms with van der Waals surface area (Å²) in [7, 11) is 0. The van der Waals surface area contributed by atoms with Gasteiger partial charge in [0.1, 0.15) is 6.10 Å². The maximum atomic E-state index is 13.7. The van der Waals surface area contributed by atoms with Crippen LogP contribution in [-0.2, 0) is 14.3 Å². The van der Waals surface area contributed by atoms with E-state index in [4.69, 9.17) is 4.74 Å². The number of piperidine rings is 1. The molecule has 0 aromatic heterocycles. The fraction of sp³-hybridized carbons (Fsp3) is 0.923. The Kier molecular flexibility index (Phi) is 5.31. The second-order valence-corrected chi connectivity index (χ2v) is 11.8. The summed E-state index contributed by atoms with van der Waals surface area (Å²) in [5.41, 5.74) is 0.286. The quantitative estimate of drug-likeness (QED) is 0.596. The van der Waals surface area contributed by atoms with Crippen LogP contribution in [-0.4, -0.2) is 41.9 Å². The van der Waals surface area contributed by atoms with Gasteiger partial charge in [0.05, 0.1) is 6.04 Å². The van der Waals surface area contributed by atoms with Crippen LogP contribution in [0, 0.1) is 34.5 Å². The number of carbonyl (C=O) groups excluding carboxylic acids is 2. The van der Waals surface area contributed by atoms with Crippen molar-refractivity contribution in [3.8, 4) is 0 Å². The van der Waals surface area contributed by atoms with Crippen molar-refractivity contribution < 1.29 is 14.3 Å². The highest BCUT2D eigenvalue weighted by Crippen LogP contribution is 2.65. The van der Waals surface area contributed by atoms with E-state index < -0.39 is 0 Å². The van der Waals surface area contributed by atoms with E-state index >= 15 is 0 Å². The van der Waals surface area contributed by atoms with Crippen molar-refractivity contribution in [2.75, 3.05) is 13.1 Å². The van der Waals surface area contributed by atoms with Gasteiger partial charge in [-0.25, -0.2) is 0 Å². The smallest absolute Gasteiger partial charge is 0.302 e. The molecule has 5 rings (SSSR count). The molecule has 4 heteroatoms. The SMILES string of the molecule is CC(=O)O[C@@H]1CC[C@@]2(C)[C@@H](CC[C@@H]3[C@H]2CC[C@]2(C)C(=O)[C@H](N4CCCCC4)C[C@@H]32)C1. The predicted molar refractivity (Wildman–Crippen MR) is 117 cm³/mol. The minimum absolute atomic E-state index is 0.0819. The number of likely N-dealkylation sites (tertiary alicyclic amines) is 1. The molecule has 1 aliphatic heterocycles. The Hall–Kier alpha value is -0.900. The van der Waals surface area contributed by atoms with Gasteiger partial charge >= 0.3 is 5.97 Å². The molecule has 168 valence electrons. The minimum Gasteiger partial charge on any atom is -0.463 e. The molecule has 0 radical (unpaired) electrons. The van der Waals surface area contributed by atoms with Gasteiger partial charge < -0.3 is 4.74 Å². The average molecular weight is 416 g/mol. The standard InChI is InChI=1S/C26H41NO3/c1-17(28)30-19-9-11-25(2)18(15-19)7-8-20-21(25)10-12-26(3)22(20)16-23(24(26)29)27-13-5-4-6-14-27/h18-23H,4-16H2,1-3H3/t18-,19+,20+,21+,22-,23+,25-,26-/m0/s1. The Morgan fingerprint density at radius 2 is 1.73 bits per heavy atom. The van der Waals surface area contributed by atoms with Crippen molar-refractivity contribution in [1.82, 2.24) is 4.90 Å². The van der Waals surface area contributed by atoms with Crippen molar-refractivity contribution in [2.45, 2.75) is 104 Å². The first kappa shape index (κ1) is 21.0. The van der Waals surface area contributed by atoms with E-state index in [0.29, 0.717) is 29.0 Å². The van der Waals surface area contributed by atoms with Crippen LogP contribution in [0.4, 0.5) is 0 Å². The van der Waals surface area contributed by atoms with Gasteiger partial charge in [-0.3, -0.25) is 14.5 Å². The van der Waals surface area contributed by atoms with Crippen molar-refractivity contribution >= 4 is 11.8 Å². The van der Waals surface area contributed by atoms with Gasteiger partial charge in [-0.1, -0.05) is 20.3 Å². The lowest BCUT2D eigenvalue weighted by Crippen LogP contribution is -2.54. The highest BCUT2D eigenvalue weighted by Gasteiger charge is 2.63. The van der Waals surface area contributed by atoms with Gasteiger partial charge in [0.2, 0.25) is 0 Å². The summed E-state index contributed by atoms with van der Waals surface area (Å²) >= 11 is 0. The van der Waals surface area contributed by atoms with Crippen molar-refractivity contribution in [3.05, 3.63) is 0 Å². The molecule has 0 unspecified atom stereocenters. The van der Waals surface area contributed by atoms with Crippen LogP contribution in [0.3, 0.4) is 0 Å². The zero-order chi connectivity index (χ0) is 21.1. The van der Waals surface area contributed by atoms with E-state index in [1.165, 1.54) is 44.9 Å². The molecule has 1 heterocycles. The lowest BCUT2D eigenvalue weighted by Gasteiger charge is -2.60. The summed E-state index contributed by atoms with van der Waals surface area (Å²) in [5, 5.41) is 0. The van der Waals surface area contributed by atoms with Crippen molar-refractivity contribution in [1.29, 1.82) is 0 Å². The molecule has 5 aliphatic rings. The second-order valence-electron chi connectivity index (χ2n) is 11.8. The number of hydrogen-bond donors (Lipinski definition) is 0. The second kappa shape index (κ2) is 7.60. The molecule has 30 heavy (non-hydrogen) atoms. The number of fused-ring (bicyclic) bond motifs is 5. The van der Waals surface area contributed by atoms with Crippen LogP contribution in [0.2, 0.25) is 0 Å². The van der Waals surface area contributed by atoms with E-state index in [0.717, 1.165) is 44.7 Å². The normalized spacial score (nSPS) is 49.1. The Balaban J connectivity index is 1.35. The van der Waals surface area contributed by atoms with Gasteiger partial charge in [-0.15, -0.1) is 0 Å². The highest BCUT2D eigenvalue weighted by atomic mass is 16.5. The van der Waals surface area contributed by atoms with E-state index in [9.17, 15) is 9.59 Å². The largest absolute Gasteiger partial charge is 0.463 e. The first-order valence-corrected chi connectivity index (χ1v) is 12.8. The minimum atomic E-state index is -0.126. The Bertz CT molecular complexity index is 700. The van der Waals surface area contributed by atoms with Crippen LogP contribution in [0.5, 0.6) is 0 Å². The summed E-state index contributed by atoms with van der Waals surface area (Å²) in [6.45, 7) is 8.67. The number of Topliss-reactive ketones (excluding diaryl/α,β-unsaturated/α-hetero) is 1. The predicted octanol–water partition coefficient (Wildman–Crippen LogP) is 4.99. The summed E-state index contributed by atoms with van der Waals surface area (Å²) in [4.78, 5) is 27.7. The highest BCUT2D eigenvalue weighted by molar-refractivity contribution is 5.92. The lowest BCUT2D eigenvalue weighted by molar-refractivity contribution is -0.160. The monoisotopic (exact) mass is 415 g/mol. The van der Waals surface area contributed by atoms with E-state index in [-0.39, 0.29) is 23.5 Å². The Morgan fingerprint density at radius 1 is 0.967 bits per heavy atom. The van der Waals surface area contributed by atoms with Crippen LogP contribution >= 0.6 is 0 Å². The number of esters is 1. The van der Waals surface area contributed by atoms with Gasteiger partial charge in [-0.2, -0.15) is 0 Å². The zero-order valence-corrected chi connectivity index (χ0v) is 19.3.